The topological polar surface area (TPSA) is 78.6 Å². The number of halogens is 4. The van der Waals surface area contributed by atoms with E-state index in [0.717, 1.165) is 0 Å². The van der Waals surface area contributed by atoms with Crippen molar-refractivity contribution >= 4 is 17.5 Å². The predicted molar refractivity (Wildman–Crippen MR) is 93.7 cm³/mol. The van der Waals surface area contributed by atoms with Crippen LogP contribution in [0.2, 0.25) is 0 Å². The van der Waals surface area contributed by atoms with Gasteiger partial charge in [0.25, 0.3) is 11.8 Å². The maximum absolute atomic E-state index is 13.8. The highest BCUT2D eigenvalue weighted by atomic mass is 19.3. The second-order valence-electron chi connectivity index (χ2n) is 7.78. The molecule has 4 heterocycles. The summed E-state index contributed by atoms with van der Waals surface area (Å²) in [6.45, 7) is -0.246. The van der Waals surface area contributed by atoms with Crippen molar-refractivity contribution in [2.24, 2.45) is 5.73 Å². The highest BCUT2D eigenvalue weighted by Crippen LogP contribution is 2.33. The van der Waals surface area contributed by atoms with E-state index in [2.05, 4.69) is 9.97 Å². The van der Waals surface area contributed by atoms with Crippen molar-refractivity contribution in [2.75, 3.05) is 42.5 Å². The molecule has 28 heavy (non-hydrogen) atoms. The van der Waals surface area contributed by atoms with Crippen LogP contribution in [0.3, 0.4) is 0 Å². The van der Waals surface area contributed by atoms with Crippen LogP contribution in [0.5, 0.6) is 0 Å². The number of hydrogen-bond donors (Lipinski definition) is 1. The van der Waals surface area contributed by atoms with E-state index >= 15 is 0 Å². The average Bonchev–Trinajstić information content (AvgIpc) is 3.20. The third kappa shape index (κ3) is 3.71. The summed E-state index contributed by atoms with van der Waals surface area (Å²) < 4.78 is 54.5. The van der Waals surface area contributed by atoms with Crippen molar-refractivity contribution in [1.82, 2.24) is 14.9 Å². The molecule has 154 valence electrons. The molecule has 0 bridgehead atoms. The number of aromatic nitrogens is 2. The van der Waals surface area contributed by atoms with Crippen LogP contribution in [-0.4, -0.2) is 77.4 Å². The van der Waals surface area contributed by atoms with E-state index < -0.39 is 43.4 Å². The zero-order valence-corrected chi connectivity index (χ0v) is 15.2. The van der Waals surface area contributed by atoms with Gasteiger partial charge < -0.3 is 20.4 Å². The Morgan fingerprint density at radius 2 is 1.68 bits per heavy atom. The minimum Gasteiger partial charge on any atom is -0.353 e. The maximum Gasteiger partial charge on any atom is 0.266 e. The van der Waals surface area contributed by atoms with Crippen molar-refractivity contribution in [2.45, 2.75) is 43.2 Å². The SMILES string of the molecule is N[C@@H]1CN(c2cc(N3CCC(F)(F)C3)ncn2)C[C@@H]1N1CC(F)(F)CCC1=O. The van der Waals surface area contributed by atoms with E-state index in [1.807, 2.05) is 0 Å². The Morgan fingerprint density at radius 1 is 1.00 bits per heavy atom. The molecule has 0 radical (unpaired) electrons. The molecular weight excluding hydrogens is 380 g/mol. The van der Waals surface area contributed by atoms with Crippen molar-refractivity contribution in [3.63, 3.8) is 0 Å². The Kier molecular flexibility index (Phi) is 4.59. The Hall–Kier alpha value is -2.17. The van der Waals surface area contributed by atoms with Crippen molar-refractivity contribution < 1.29 is 22.4 Å². The van der Waals surface area contributed by atoms with Crippen LogP contribution < -0.4 is 15.5 Å². The van der Waals surface area contributed by atoms with Crippen molar-refractivity contribution in [1.29, 1.82) is 0 Å². The highest BCUT2D eigenvalue weighted by Gasteiger charge is 2.46. The molecule has 0 saturated carbocycles. The molecule has 1 amide bonds. The Balaban J connectivity index is 1.49. The lowest BCUT2D eigenvalue weighted by Gasteiger charge is -2.37. The molecule has 3 aliphatic heterocycles. The first-order valence-corrected chi connectivity index (χ1v) is 9.26. The van der Waals surface area contributed by atoms with Gasteiger partial charge in [0.1, 0.15) is 18.0 Å². The first kappa shape index (κ1) is 19.2. The first-order valence-electron chi connectivity index (χ1n) is 9.26. The summed E-state index contributed by atoms with van der Waals surface area (Å²) in [5.74, 6) is -5.11. The molecule has 0 spiro atoms. The standard InChI is InChI=1S/C17H22F4N6O/c18-16(19)2-1-15(28)27(9-16)12-7-26(6-11(12)22)14-5-13(23-10-24-14)25-4-3-17(20,21)8-25/h5,10-12H,1-4,6-9,22H2/t11-,12+/m1/s1. The van der Waals surface area contributed by atoms with Gasteiger partial charge in [0.05, 0.1) is 19.1 Å². The van der Waals surface area contributed by atoms with Gasteiger partial charge in [0, 0.05) is 51.0 Å². The molecule has 4 rings (SSSR count). The van der Waals surface area contributed by atoms with Crippen LogP contribution in [0.1, 0.15) is 19.3 Å². The molecule has 2 N–H and O–H groups in total. The largest absolute Gasteiger partial charge is 0.353 e. The van der Waals surface area contributed by atoms with E-state index in [0.29, 0.717) is 18.2 Å². The fourth-order valence-corrected chi connectivity index (χ4v) is 4.10. The normalized spacial score (nSPS) is 29.6. The molecule has 1 aromatic rings. The molecule has 7 nitrogen and oxygen atoms in total. The number of alkyl halides is 4. The van der Waals surface area contributed by atoms with Gasteiger partial charge in [-0.15, -0.1) is 0 Å². The van der Waals surface area contributed by atoms with Crippen molar-refractivity contribution in [3.8, 4) is 0 Å². The summed E-state index contributed by atoms with van der Waals surface area (Å²) in [7, 11) is 0. The van der Waals surface area contributed by atoms with E-state index in [9.17, 15) is 22.4 Å². The molecule has 3 saturated heterocycles. The zero-order valence-electron chi connectivity index (χ0n) is 15.2. The van der Waals surface area contributed by atoms with Crippen LogP contribution in [0.15, 0.2) is 12.4 Å². The number of carbonyl (C=O) groups excluding carboxylic acids is 1. The lowest BCUT2D eigenvalue weighted by atomic mass is 10.0. The van der Waals surface area contributed by atoms with Crippen LogP contribution in [0.4, 0.5) is 29.2 Å². The number of amides is 1. The molecule has 1 aromatic heterocycles. The number of nitrogens with zero attached hydrogens (tertiary/aromatic N) is 5. The summed E-state index contributed by atoms with van der Waals surface area (Å²) in [4.78, 5) is 24.9. The third-order valence-electron chi connectivity index (χ3n) is 5.62. The minimum atomic E-state index is -2.91. The second-order valence-corrected chi connectivity index (χ2v) is 7.78. The monoisotopic (exact) mass is 402 g/mol. The predicted octanol–water partition coefficient (Wildman–Crippen LogP) is 1.10. The number of anilines is 2. The van der Waals surface area contributed by atoms with Gasteiger partial charge >= 0.3 is 0 Å². The molecule has 2 atom stereocenters. The van der Waals surface area contributed by atoms with Crippen LogP contribution in [0.25, 0.3) is 0 Å². The summed E-state index contributed by atoms with van der Waals surface area (Å²) in [6.07, 6.45) is 0.426. The highest BCUT2D eigenvalue weighted by molar-refractivity contribution is 5.78. The van der Waals surface area contributed by atoms with Crippen LogP contribution in [0, 0.1) is 0 Å². The number of nitrogens with two attached hydrogens (primary N) is 1. The average molecular weight is 402 g/mol. The molecule has 0 unspecified atom stereocenters. The van der Waals surface area contributed by atoms with Crippen molar-refractivity contribution in [3.05, 3.63) is 12.4 Å². The van der Waals surface area contributed by atoms with Gasteiger partial charge in [-0.2, -0.15) is 0 Å². The van der Waals surface area contributed by atoms with Gasteiger partial charge in [-0.25, -0.2) is 27.5 Å². The Morgan fingerprint density at radius 3 is 2.36 bits per heavy atom. The second kappa shape index (κ2) is 6.71. The lowest BCUT2D eigenvalue weighted by Crippen LogP contribution is -2.56. The summed E-state index contributed by atoms with van der Waals surface area (Å²) in [6, 6.07) is 0.545. The summed E-state index contributed by atoms with van der Waals surface area (Å²) in [5.41, 5.74) is 6.15. The van der Waals surface area contributed by atoms with E-state index in [4.69, 9.17) is 5.73 Å². The van der Waals surface area contributed by atoms with Gasteiger partial charge in [0.15, 0.2) is 0 Å². The van der Waals surface area contributed by atoms with E-state index in [-0.39, 0.29) is 31.8 Å². The molecule has 11 heteroatoms. The van der Waals surface area contributed by atoms with Gasteiger partial charge in [-0.3, -0.25) is 4.79 Å². The fraction of sp³-hybridized carbons (Fsp3) is 0.706. The first-order chi connectivity index (χ1) is 13.1. The van der Waals surface area contributed by atoms with Crippen LogP contribution in [-0.2, 0) is 4.79 Å². The molecule has 3 fully saturated rings. The maximum atomic E-state index is 13.8. The Bertz CT molecular complexity index is 763. The minimum absolute atomic E-state index is 0.197. The smallest absolute Gasteiger partial charge is 0.266 e. The lowest BCUT2D eigenvalue weighted by molar-refractivity contribution is -0.150. The quantitative estimate of drug-likeness (QED) is 0.763. The number of carbonyl (C=O) groups is 1. The molecule has 0 aromatic carbocycles. The zero-order chi connectivity index (χ0) is 20.1. The Labute approximate surface area is 159 Å². The number of rotatable bonds is 3. The van der Waals surface area contributed by atoms with Crippen LogP contribution >= 0.6 is 0 Å². The van der Waals surface area contributed by atoms with E-state index in [1.54, 1.807) is 11.0 Å². The summed E-state index contributed by atoms with van der Waals surface area (Å²) >= 11 is 0. The van der Waals surface area contributed by atoms with Gasteiger partial charge in [-0.05, 0) is 0 Å². The number of hydrogen-bond acceptors (Lipinski definition) is 6. The molecule has 3 aliphatic rings. The van der Waals surface area contributed by atoms with Gasteiger partial charge in [-0.1, -0.05) is 0 Å². The molecule has 0 aliphatic carbocycles. The summed E-state index contributed by atoms with van der Waals surface area (Å²) in [5, 5.41) is 0. The number of piperidine rings is 1. The van der Waals surface area contributed by atoms with Gasteiger partial charge in [0.2, 0.25) is 5.91 Å². The van der Waals surface area contributed by atoms with E-state index in [1.165, 1.54) is 16.1 Å². The fourth-order valence-electron chi connectivity index (χ4n) is 4.10. The molecular formula is C17H22F4N6O. The third-order valence-corrected chi connectivity index (χ3v) is 5.62. The number of likely N-dealkylation sites (tertiary alicyclic amines) is 1.